The van der Waals surface area contributed by atoms with Crippen LogP contribution in [-0.2, 0) is 25.3 Å². The van der Waals surface area contributed by atoms with E-state index in [1.165, 1.54) is 12.5 Å². The summed E-state index contributed by atoms with van der Waals surface area (Å²) >= 11 is 0. The minimum Gasteiger partial charge on any atom is -0.455 e. The van der Waals surface area contributed by atoms with Gasteiger partial charge in [-0.1, -0.05) is 85.6 Å². The number of fused-ring (bicyclic) bond motifs is 4. The number of rotatable bonds is 3. The molecular weight excluding hydrogens is 462 g/mol. The van der Waals surface area contributed by atoms with E-state index in [0.717, 1.165) is 59.3 Å². The van der Waals surface area contributed by atoms with Gasteiger partial charge in [0.05, 0.1) is 17.4 Å². The van der Waals surface area contributed by atoms with Gasteiger partial charge in [0, 0.05) is 29.2 Å². The van der Waals surface area contributed by atoms with E-state index in [0.29, 0.717) is 6.42 Å². The van der Waals surface area contributed by atoms with Gasteiger partial charge in [-0.05, 0) is 47.3 Å². The van der Waals surface area contributed by atoms with Crippen LogP contribution in [0.3, 0.4) is 0 Å². The van der Waals surface area contributed by atoms with Gasteiger partial charge in [-0.15, -0.1) is 0 Å². The van der Waals surface area contributed by atoms with Crippen LogP contribution in [-0.4, -0.2) is 16.1 Å². The van der Waals surface area contributed by atoms with Gasteiger partial charge in [0.15, 0.2) is 0 Å². The molecule has 200 valence electrons. The smallest absolute Gasteiger partial charge is 0.303 e. The molecule has 1 aliphatic heterocycles. The molecule has 0 amide bonds. The summed E-state index contributed by atoms with van der Waals surface area (Å²) in [6.45, 7) is 16.6. The van der Waals surface area contributed by atoms with Crippen LogP contribution in [0.15, 0.2) is 24.3 Å². The molecule has 3 unspecified atom stereocenters. The highest BCUT2D eigenvalue weighted by Gasteiger charge is 2.54. The molecule has 3 atom stereocenters. The lowest BCUT2D eigenvalue weighted by molar-refractivity contribution is -0.156. The van der Waals surface area contributed by atoms with E-state index >= 15 is 0 Å². The van der Waals surface area contributed by atoms with Gasteiger partial charge >= 0.3 is 5.97 Å². The molecule has 1 saturated carbocycles. The van der Waals surface area contributed by atoms with E-state index in [-0.39, 0.29) is 23.4 Å². The van der Waals surface area contributed by atoms with Gasteiger partial charge in [0.1, 0.15) is 12.2 Å². The molecule has 5 heteroatoms. The van der Waals surface area contributed by atoms with Gasteiger partial charge in [-0.25, -0.2) is 0 Å². The number of aliphatic hydroxyl groups is 1. The normalized spacial score (nSPS) is 25.8. The Bertz CT molecular complexity index is 1200. The Morgan fingerprint density at radius 1 is 1.11 bits per heavy atom. The van der Waals surface area contributed by atoms with Crippen molar-refractivity contribution in [3.63, 3.8) is 0 Å². The van der Waals surface area contributed by atoms with Gasteiger partial charge in [-0.3, -0.25) is 9.78 Å². The molecule has 37 heavy (non-hydrogen) atoms. The van der Waals surface area contributed by atoms with Crippen molar-refractivity contribution in [2.24, 2.45) is 5.41 Å². The Labute approximate surface area is 222 Å². The molecule has 2 aliphatic carbocycles. The molecule has 2 heterocycles. The Hall–Kier alpha value is -2.24. The molecule has 3 aliphatic rings. The molecule has 1 N–H and O–H groups in total. The maximum atomic E-state index is 12.2. The Morgan fingerprint density at radius 2 is 1.73 bits per heavy atom. The van der Waals surface area contributed by atoms with Crippen LogP contribution in [0.5, 0.6) is 0 Å². The second kappa shape index (κ2) is 8.91. The second-order valence-electron chi connectivity index (χ2n) is 13.5. The topological polar surface area (TPSA) is 68.7 Å². The summed E-state index contributed by atoms with van der Waals surface area (Å²) in [6.07, 6.45) is 3.14. The highest BCUT2D eigenvalue weighted by molar-refractivity contribution is 5.67. The lowest BCUT2D eigenvalue weighted by atomic mass is 9.68. The molecule has 1 aromatic heterocycles. The molecule has 0 saturated heterocycles. The fourth-order valence-corrected chi connectivity index (χ4v) is 6.89. The summed E-state index contributed by atoms with van der Waals surface area (Å²) in [5.74, 6) is -0.173. The molecule has 1 spiro atoms. The Morgan fingerprint density at radius 3 is 2.27 bits per heavy atom. The molecule has 5 rings (SSSR count). The number of hydrogen-bond acceptors (Lipinski definition) is 5. The number of hydrogen-bond donors (Lipinski definition) is 1. The molecule has 1 fully saturated rings. The number of aromatic nitrogens is 1. The van der Waals surface area contributed by atoms with Crippen molar-refractivity contribution in [3.8, 4) is 0 Å². The van der Waals surface area contributed by atoms with Crippen LogP contribution in [0.1, 0.15) is 151 Å². The fraction of sp³-hybridized carbons (Fsp3) is 0.625. The summed E-state index contributed by atoms with van der Waals surface area (Å²) in [5.41, 5.74) is 6.43. The fourth-order valence-electron chi connectivity index (χ4n) is 6.89. The lowest BCUT2D eigenvalue weighted by Crippen LogP contribution is -2.37. The third-order valence-electron chi connectivity index (χ3n) is 8.72. The summed E-state index contributed by atoms with van der Waals surface area (Å²) in [7, 11) is 0. The third-order valence-corrected chi connectivity index (χ3v) is 8.72. The minimum absolute atomic E-state index is 0.0754. The molecule has 5 nitrogen and oxygen atoms in total. The zero-order valence-corrected chi connectivity index (χ0v) is 23.8. The van der Waals surface area contributed by atoms with Gasteiger partial charge in [-0.2, -0.15) is 0 Å². The molecule has 2 aromatic rings. The predicted molar refractivity (Wildman–Crippen MR) is 144 cm³/mol. The summed E-state index contributed by atoms with van der Waals surface area (Å²) in [5, 5.41) is 11.6. The number of pyridine rings is 1. The zero-order valence-electron chi connectivity index (χ0n) is 23.8. The van der Waals surface area contributed by atoms with E-state index in [1.54, 1.807) is 0 Å². The van der Waals surface area contributed by atoms with E-state index in [9.17, 15) is 9.90 Å². The van der Waals surface area contributed by atoms with Crippen molar-refractivity contribution in [1.29, 1.82) is 0 Å². The average molecular weight is 506 g/mol. The van der Waals surface area contributed by atoms with Crippen molar-refractivity contribution < 1.29 is 19.4 Å². The SMILES string of the molecule is CC(=O)OC1c2nc(C(C)C)c3c(c2C(O)CC1(C)C)C1(CCCC1)OC3c1ccc(C(C)(C)C)cc1. The van der Waals surface area contributed by atoms with E-state index in [1.807, 2.05) is 0 Å². The van der Waals surface area contributed by atoms with Crippen LogP contribution in [0.25, 0.3) is 0 Å². The molecule has 1 aromatic carbocycles. The van der Waals surface area contributed by atoms with Crippen LogP contribution in [0, 0.1) is 5.41 Å². The predicted octanol–water partition coefficient (Wildman–Crippen LogP) is 7.46. The first kappa shape index (κ1) is 26.4. The third kappa shape index (κ3) is 4.32. The quantitative estimate of drug-likeness (QED) is 0.439. The highest BCUT2D eigenvalue weighted by Crippen LogP contribution is 2.61. The van der Waals surface area contributed by atoms with Crippen molar-refractivity contribution in [1.82, 2.24) is 4.98 Å². The monoisotopic (exact) mass is 505 g/mol. The van der Waals surface area contributed by atoms with Crippen LogP contribution < -0.4 is 0 Å². The zero-order chi connectivity index (χ0) is 26.9. The van der Waals surface area contributed by atoms with Crippen molar-refractivity contribution in [2.75, 3.05) is 0 Å². The average Bonchev–Trinajstić information content (AvgIpc) is 3.40. The van der Waals surface area contributed by atoms with Crippen molar-refractivity contribution >= 4 is 5.97 Å². The molecule has 0 radical (unpaired) electrons. The number of aliphatic hydroxyl groups excluding tert-OH is 1. The standard InChI is InChI=1S/C32H43NO4/c1-18(2)26-24-25(23-22(35)17-31(7,8)29(27(23)33-26)36-19(3)34)32(15-9-10-16-32)37-28(24)20-11-13-21(14-12-20)30(4,5)6/h11-14,18,22,28-29,35H,9-10,15-17H2,1-8H3. The number of benzene rings is 1. The number of carbonyl (C=O) groups is 1. The van der Waals surface area contributed by atoms with Gasteiger partial charge in [0.2, 0.25) is 0 Å². The first-order chi connectivity index (χ1) is 17.2. The van der Waals surface area contributed by atoms with E-state index < -0.39 is 23.2 Å². The van der Waals surface area contributed by atoms with Crippen molar-refractivity contribution in [3.05, 3.63) is 63.5 Å². The van der Waals surface area contributed by atoms with Crippen LogP contribution in [0.4, 0.5) is 0 Å². The first-order valence-corrected chi connectivity index (χ1v) is 14.0. The van der Waals surface area contributed by atoms with Crippen molar-refractivity contribution in [2.45, 2.75) is 123 Å². The Balaban J connectivity index is 1.77. The number of nitrogens with zero attached hydrogens (tertiary/aromatic N) is 1. The maximum Gasteiger partial charge on any atom is 0.303 e. The first-order valence-electron chi connectivity index (χ1n) is 14.0. The van der Waals surface area contributed by atoms with Crippen LogP contribution >= 0.6 is 0 Å². The summed E-state index contributed by atoms with van der Waals surface area (Å²) in [4.78, 5) is 17.4. The molecular formula is C32H43NO4. The largest absolute Gasteiger partial charge is 0.455 e. The maximum absolute atomic E-state index is 12.2. The molecule has 0 bridgehead atoms. The lowest BCUT2D eigenvalue weighted by Gasteiger charge is -2.42. The minimum atomic E-state index is -0.678. The number of esters is 1. The van der Waals surface area contributed by atoms with E-state index in [4.69, 9.17) is 14.5 Å². The van der Waals surface area contributed by atoms with Crippen LogP contribution in [0.2, 0.25) is 0 Å². The number of ether oxygens (including phenoxy) is 2. The number of carbonyl (C=O) groups excluding carboxylic acids is 1. The second-order valence-corrected chi connectivity index (χ2v) is 13.5. The highest BCUT2D eigenvalue weighted by atomic mass is 16.5. The van der Waals surface area contributed by atoms with Gasteiger partial charge in [0.25, 0.3) is 0 Å². The summed E-state index contributed by atoms with van der Waals surface area (Å²) in [6, 6.07) is 8.83. The van der Waals surface area contributed by atoms with E-state index in [2.05, 4.69) is 72.7 Å². The summed E-state index contributed by atoms with van der Waals surface area (Å²) < 4.78 is 13.0. The van der Waals surface area contributed by atoms with Gasteiger partial charge < -0.3 is 14.6 Å². The Kier molecular flexibility index (Phi) is 6.35.